The van der Waals surface area contributed by atoms with Crippen molar-refractivity contribution in [1.29, 1.82) is 5.26 Å². The number of phenolic OH excluding ortho intramolecular Hbond substituents is 1. The third kappa shape index (κ3) is 3.85. The van der Waals surface area contributed by atoms with Crippen molar-refractivity contribution in [2.75, 3.05) is 0 Å². The van der Waals surface area contributed by atoms with E-state index in [-0.39, 0.29) is 16.6 Å². The van der Waals surface area contributed by atoms with Crippen molar-refractivity contribution in [2.24, 2.45) is 0 Å². The van der Waals surface area contributed by atoms with Crippen molar-refractivity contribution in [3.05, 3.63) is 64.5 Å². The molecule has 2 aromatic rings. The Morgan fingerprint density at radius 2 is 1.44 bits per heavy atom. The van der Waals surface area contributed by atoms with Crippen LogP contribution in [0, 0.1) is 17.1 Å². The first kappa shape index (κ1) is 19.0. The standard InChI is InChI=1S/C22H26FNO/c1-21(2,3)17-11-14(12-18(20(17)25)22(4,5)6)16(13-24)15-9-7-8-10-19(15)23/h7-12,16,25H,1-6H3. The number of benzene rings is 2. The molecular formula is C22H26FNO. The maximum Gasteiger partial charge on any atom is 0.128 e. The highest BCUT2D eigenvalue weighted by Gasteiger charge is 2.29. The molecule has 2 nitrogen and oxygen atoms in total. The lowest BCUT2D eigenvalue weighted by molar-refractivity contribution is 0.422. The summed E-state index contributed by atoms with van der Waals surface area (Å²) in [6, 6.07) is 12.3. The zero-order chi connectivity index (χ0) is 19.0. The number of nitriles is 1. The van der Waals surface area contributed by atoms with Gasteiger partial charge in [-0.3, -0.25) is 0 Å². The maximum absolute atomic E-state index is 14.3. The van der Waals surface area contributed by atoms with Crippen molar-refractivity contribution in [2.45, 2.75) is 58.3 Å². The summed E-state index contributed by atoms with van der Waals surface area (Å²) in [4.78, 5) is 0. The average molecular weight is 339 g/mol. The summed E-state index contributed by atoms with van der Waals surface area (Å²) in [6.07, 6.45) is 0. The Hall–Kier alpha value is -2.34. The normalized spacial score (nSPS) is 13.4. The SMILES string of the molecule is CC(C)(C)c1cc(C(C#N)c2ccccc2F)cc(C(C)(C)C)c1O. The van der Waals surface area contributed by atoms with Gasteiger partial charge in [0.15, 0.2) is 0 Å². The molecule has 0 aliphatic carbocycles. The number of hydrogen-bond acceptors (Lipinski definition) is 2. The first-order valence-electron chi connectivity index (χ1n) is 8.48. The van der Waals surface area contributed by atoms with Crippen LogP contribution in [-0.2, 0) is 10.8 Å². The second-order valence-corrected chi connectivity index (χ2v) is 8.55. The number of phenols is 1. The molecule has 2 aromatic carbocycles. The average Bonchev–Trinajstić information content (AvgIpc) is 2.48. The minimum absolute atomic E-state index is 0.258. The molecule has 0 bridgehead atoms. The summed E-state index contributed by atoms with van der Waals surface area (Å²) < 4.78 is 14.3. The van der Waals surface area contributed by atoms with Crippen LogP contribution in [0.2, 0.25) is 0 Å². The second kappa shape index (κ2) is 6.52. The third-order valence-electron chi connectivity index (χ3n) is 4.43. The fraction of sp³-hybridized carbons (Fsp3) is 0.409. The fourth-order valence-electron chi connectivity index (χ4n) is 3.00. The van der Waals surface area contributed by atoms with Gasteiger partial charge >= 0.3 is 0 Å². The number of nitrogens with zero attached hydrogens (tertiary/aromatic N) is 1. The topological polar surface area (TPSA) is 44.0 Å². The van der Waals surface area contributed by atoms with E-state index in [1.165, 1.54) is 6.07 Å². The molecule has 0 spiro atoms. The Bertz CT molecular complexity index is 784. The molecule has 0 radical (unpaired) electrons. The lowest BCUT2D eigenvalue weighted by Crippen LogP contribution is -2.18. The highest BCUT2D eigenvalue weighted by Crippen LogP contribution is 2.42. The smallest absolute Gasteiger partial charge is 0.128 e. The van der Waals surface area contributed by atoms with Crippen LogP contribution in [0.3, 0.4) is 0 Å². The minimum Gasteiger partial charge on any atom is -0.507 e. The van der Waals surface area contributed by atoms with Crippen LogP contribution in [0.4, 0.5) is 4.39 Å². The van der Waals surface area contributed by atoms with E-state index in [2.05, 4.69) is 6.07 Å². The summed E-state index contributed by atoms with van der Waals surface area (Å²) in [7, 11) is 0. The summed E-state index contributed by atoms with van der Waals surface area (Å²) >= 11 is 0. The molecule has 0 saturated carbocycles. The molecule has 132 valence electrons. The maximum atomic E-state index is 14.3. The highest BCUT2D eigenvalue weighted by molar-refractivity contribution is 5.53. The van der Waals surface area contributed by atoms with E-state index >= 15 is 0 Å². The molecule has 0 fully saturated rings. The zero-order valence-electron chi connectivity index (χ0n) is 15.8. The number of hydrogen-bond donors (Lipinski definition) is 1. The van der Waals surface area contributed by atoms with Crippen molar-refractivity contribution in [3.63, 3.8) is 0 Å². The van der Waals surface area contributed by atoms with E-state index in [0.29, 0.717) is 11.1 Å². The molecule has 3 heteroatoms. The molecule has 1 unspecified atom stereocenters. The van der Waals surface area contributed by atoms with Crippen molar-refractivity contribution in [3.8, 4) is 11.8 Å². The van der Waals surface area contributed by atoms with Gasteiger partial charge in [0.2, 0.25) is 0 Å². The summed E-state index contributed by atoms with van der Waals surface area (Å²) in [5.74, 6) is -0.852. The summed E-state index contributed by atoms with van der Waals surface area (Å²) in [6.45, 7) is 12.1. The monoisotopic (exact) mass is 339 g/mol. The number of rotatable bonds is 2. The van der Waals surface area contributed by atoms with Crippen LogP contribution in [0.5, 0.6) is 5.75 Å². The zero-order valence-corrected chi connectivity index (χ0v) is 15.8. The van der Waals surface area contributed by atoms with E-state index in [4.69, 9.17) is 0 Å². The molecule has 0 aromatic heterocycles. The van der Waals surface area contributed by atoms with E-state index < -0.39 is 11.7 Å². The molecule has 0 amide bonds. The van der Waals surface area contributed by atoms with Gasteiger partial charge in [-0.25, -0.2) is 4.39 Å². The Kier molecular flexibility index (Phi) is 4.95. The van der Waals surface area contributed by atoms with Crippen molar-refractivity contribution < 1.29 is 9.50 Å². The predicted octanol–water partition coefficient (Wildman–Crippen LogP) is 5.78. The molecule has 0 aliphatic heterocycles. The largest absolute Gasteiger partial charge is 0.507 e. The van der Waals surface area contributed by atoms with Gasteiger partial charge in [-0.1, -0.05) is 59.7 Å². The third-order valence-corrected chi connectivity index (χ3v) is 4.43. The van der Waals surface area contributed by atoms with E-state index in [1.807, 2.05) is 53.7 Å². The van der Waals surface area contributed by atoms with Crippen LogP contribution in [-0.4, -0.2) is 5.11 Å². The van der Waals surface area contributed by atoms with Gasteiger partial charge in [-0.05, 0) is 45.7 Å². The van der Waals surface area contributed by atoms with E-state index in [1.54, 1.807) is 18.2 Å². The van der Waals surface area contributed by atoms with Crippen LogP contribution in [0.25, 0.3) is 0 Å². The lowest BCUT2D eigenvalue weighted by Gasteiger charge is -2.29. The van der Waals surface area contributed by atoms with Crippen LogP contribution in [0.1, 0.15) is 69.7 Å². The molecule has 25 heavy (non-hydrogen) atoms. The molecule has 0 aliphatic rings. The van der Waals surface area contributed by atoms with Crippen LogP contribution >= 0.6 is 0 Å². The number of aromatic hydroxyl groups is 1. The molecule has 1 N–H and O–H groups in total. The Morgan fingerprint density at radius 3 is 1.84 bits per heavy atom. The molecule has 0 saturated heterocycles. The first-order valence-corrected chi connectivity index (χ1v) is 8.48. The Labute approximate surface area is 149 Å². The van der Waals surface area contributed by atoms with Gasteiger partial charge < -0.3 is 5.11 Å². The van der Waals surface area contributed by atoms with E-state index in [9.17, 15) is 14.8 Å². The lowest BCUT2D eigenvalue weighted by atomic mass is 9.76. The summed E-state index contributed by atoms with van der Waals surface area (Å²) in [5, 5.41) is 20.5. The van der Waals surface area contributed by atoms with Gasteiger partial charge in [-0.2, -0.15) is 5.26 Å². The molecule has 2 rings (SSSR count). The molecular weight excluding hydrogens is 313 g/mol. The Balaban J connectivity index is 2.77. The van der Waals surface area contributed by atoms with Crippen molar-refractivity contribution >= 4 is 0 Å². The highest BCUT2D eigenvalue weighted by atomic mass is 19.1. The van der Waals surface area contributed by atoms with Gasteiger partial charge in [0.05, 0.1) is 12.0 Å². The number of halogens is 1. The van der Waals surface area contributed by atoms with Gasteiger partial charge in [0, 0.05) is 5.56 Å². The van der Waals surface area contributed by atoms with Gasteiger partial charge in [0.25, 0.3) is 0 Å². The fourth-order valence-corrected chi connectivity index (χ4v) is 3.00. The Morgan fingerprint density at radius 1 is 0.960 bits per heavy atom. The second-order valence-electron chi connectivity index (χ2n) is 8.55. The molecule has 1 atom stereocenters. The van der Waals surface area contributed by atoms with Gasteiger partial charge in [-0.15, -0.1) is 0 Å². The van der Waals surface area contributed by atoms with Crippen molar-refractivity contribution in [1.82, 2.24) is 0 Å². The summed E-state index contributed by atoms with van der Waals surface area (Å²) in [5.41, 5.74) is 2.01. The van der Waals surface area contributed by atoms with Gasteiger partial charge in [0.1, 0.15) is 11.6 Å². The minimum atomic E-state index is -0.719. The van der Waals surface area contributed by atoms with Crippen LogP contribution in [0.15, 0.2) is 36.4 Å². The quantitative estimate of drug-likeness (QED) is 0.753. The first-order chi connectivity index (χ1) is 11.5. The van der Waals surface area contributed by atoms with Crippen LogP contribution < -0.4 is 0 Å². The van der Waals surface area contributed by atoms with E-state index in [0.717, 1.165) is 11.1 Å². The predicted molar refractivity (Wildman–Crippen MR) is 99.4 cm³/mol. The molecule has 0 heterocycles.